The predicted molar refractivity (Wildman–Crippen MR) is 106 cm³/mol. The van der Waals surface area contributed by atoms with E-state index in [0.717, 1.165) is 5.69 Å². The highest BCUT2D eigenvalue weighted by Crippen LogP contribution is 2.43. The first kappa shape index (κ1) is 19.0. The second-order valence-corrected chi connectivity index (χ2v) is 7.63. The standard InChI is InChI=1S/C20H15FN4O3S/c21-14-4-6-15(7-5-14)23-11-24-19(26)9-17(18(10-22)20(24)29-12-23)13-2-1-3-16(8-13)25(27)28/h1-8,17H,9,11-12H2. The Balaban J connectivity index is 1.67. The Morgan fingerprint density at radius 3 is 2.69 bits per heavy atom. The number of carbonyl (C=O) groups excluding carboxylic acids is 1. The summed E-state index contributed by atoms with van der Waals surface area (Å²) in [5.41, 5.74) is 1.73. The number of halogens is 1. The van der Waals surface area contributed by atoms with Crippen LogP contribution in [0.4, 0.5) is 15.8 Å². The predicted octanol–water partition coefficient (Wildman–Crippen LogP) is 3.95. The van der Waals surface area contributed by atoms with Crippen LogP contribution in [-0.4, -0.2) is 28.3 Å². The number of amides is 1. The van der Waals surface area contributed by atoms with E-state index in [4.69, 9.17) is 0 Å². The van der Waals surface area contributed by atoms with E-state index in [1.54, 1.807) is 29.2 Å². The Hall–Kier alpha value is -3.38. The number of non-ortho nitro benzene ring substituents is 1. The normalized spacial score (nSPS) is 19.0. The summed E-state index contributed by atoms with van der Waals surface area (Å²) in [7, 11) is 0. The van der Waals surface area contributed by atoms with Crippen molar-refractivity contribution >= 4 is 29.0 Å². The van der Waals surface area contributed by atoms with Gasteiger partial charge < -0.3 is 4.90 Å². The molecule has 0 N–H and O–H groups in total. The fourth-order valence-corrected chi connectivity index (χ4v) is 4.69. The molecule has 1 atom stereocenters. The molecule has 9 heteroatoms. The molecule has 0 saturated carbocycles. The Morgan fingerprint density at radius 1 is 1.24 bits per heavy atom. The van der Waals surface area contributed by atoms with Crippen molar-refractivity contribution in [1.82, 2.24) is 4.90 Å². The maximum absolute atomic E-state index is 13.2. The number of hydrogen-bond acceptors (Lipinski definition) is 6. The van der Waals surface area contributed by atoms with Crippen LogP contribution in [0, 0.1) is 27.3 Å². The summed E-state index contributed by atoms with van der Waals surface area (Å²) in [5, 5.41) is 21.5. The van der Waals surface area contributed by atoms with E-state index < -0.39 is 10.8 Å². The highest BCUT2D eigenvalue weighted by Gasteiger charge is 2.38. The molecule has 2 aromatic rings. The Labute approximate surface area is 170 Å². The van der Waals surface area contributed by atoms with Gasteiger partial charge in [0, 0.05) is 30.2 Å². The minimum absolute atomic E-state index is 0.0609. The van der Waals surface area contributed by atoms with Crippen LogP contribution in [0.5, 0.6) is 0 Å². The molecule has 146 valence electrons. The topological polar surface area (TPSA) is 90.5 Å². The summed E-state index contributed by atoms with van der Waals surface area (Å²) in [6, 6.07) is 14.3. The number of benzene rings is 2. The first-order valence-corrected chi connectivity index (χ1v) is 9.79. The molecule has 1 amide bonds. The molecule has 2 aliphatic heterocycles. The molecule has 0 spiro atoms. The minimum Gasteiger partial charge on any atom is -0.344 e. The zero-order chi connectivity index (χ0) is 20.5. The number of carbonyl (C=O) groups is 1. The van der Waals surface area contributed by atoms with Gasteiger partial charge in [-0.3, -0.25) is 19.8 Å². The van der Waals surface area contributed by atoms with E-state index >= 15 is 0 Å². The van der Waals surface area contributed by atoms with Crippen LogP contribution < -0.4 is 4.90 Å². The smallest absolute Gasteiger partial charge is 0.269 e. The molecule has 29 heavy (non-hydrogen) atoms. The lowest BCUT2D eigenvalue weighted by Gasteiger charge is -2.42. The van der Waals surface area contributed by atoms with Crippen LogP contribution in [0.25, 0.3) is 0 Å². The summed E-state index contributed by atoms with van der Waals surface area (Å²) in [6.07, 6.45) is 0.0609. The lowest BCUT2D eigenvalue weighted by atomic mass is 9.86. The van der Waals surface area contributed by atoms with Crippen LogP contribution in [0.3, 0.4) is 0 Å². The van der Waals surface area contributed by atoms with Crippen molar-refractivity contribution in [3.8, 4) is 6.07 Å². The van der Waals surface area contributed by atoms with E-state index in [0.29, 0.717) is 22.0 Å². The van der Waals surface area contributed by atoms with Crippen molar-refractivity contribution in [2.75, 3.05) is 17.4 Å². The van der Waals surface area contributed by atoms with Gasteiger partial charge in [0.05, 0.1) is 34.1 Å². The van der Waals surface area contributed by atoms with E-state index in [9.17, 15) is 24.6 Å². The third kappa shape index (κ3) is 3.54. The summed E-state index contributed by atoms with van der Waals surface area (Å²) >= 11 is 1.36. The number of nitriles is 1. The fourth-order valence-electron chi connectivity index (χ4n) is 3.52. The van der Waals surface area contributed by atoms with Gasteiger partial charge >= 0.3 is 0 Å². The number of nitrogens with zero attached hydrogens (tertiary/aromatic N) is 4. The van der Waals surface area contributed by atoms with Gasteiger partial charge in [-0.2, -0.15) is 5.26 Å². The highest BCUT2D eigenvalue weighted by atomic mass is 32.2. The maximum atomic E-state index is 13.2. The second kappa shape index (κ2) is 7.56. The number of fused-ring (bicyclic) bond motifs is 1. The van der Waals surface area contributed by atoms with Gasteiger partial charge in [0.1, 0.15) is 5.82 Å². The van der Waals surface area contributed by atoms with E-state index in [1.807, 2.05) is 4.90 Å². The van der Waals surface area contributed by atoms with E-state index in [1.165, 1.54) is 36.0 Å². The molecule has 1 unspecified atom stereocenters. The van der Waals surface area contributed by atoms with E-state index in [2.05, 4.69) is 6.07 Å². The Bertz CT molecular complexity index is 1060. The summed E-state index contributed by atoms with van der Waals surface area (Å²) < 4.78 is 13.2. The molecule has 7 nitrogen and oxygen atoms in total. The molecular formula is C20H15FN4O3S. The van der Waals surface area contributed by atoms with Crippen LogP contribution in [0.1, 0.15) is 17.9 Å². The number of hydrogen-bond donors (Lipinski definition) is 0. The van der Waals surface area contributed by atoms with Crippen molar-refractivity contribution in [1.29, 1.82) is 5.26 Å². The molecule has 1 saturated heterocycles. The lowest BCUT2D eigenvalue weighted by molar-refractivity contribution is -0.384. The molecular weight excluding hydrogens is 395 g/mol. The van der Waals surface area contributed by atoms with Gasteiger partial charge in [-0.1, -0.05) is 23.9 Å². The van der Waals surface area contributed by atoms with Crippen LogP contribution in [0.2, 0.25) is 0 Å². The van der Waals surface area contributed by atoms with Gasteiger partial charge in [-0.05, 0) is 29.8 Å². The van der Waals surface area contributed by atoms with Gasteiger partial charge in [0.15, 0.2) is 0 Å². The molecule has 2 aromatic carbocycles. The zero-order valence-electron chi connectivity index (χ0n) is 15.1. The maximum Gasteiger partial charge on any atom is 0.269 e. The zero-order valence-corrected chi connectivity index (χ0v) is 15.9. The summed E-state index contributed by atoms with van der Waals surface area (Å²) in [4.78, 5) is 27.0. The second-order valence-electron chi connectivity index (χ2n) is 6.69. The monoisotopic (exact) mass is 410 g/mol. The summed E-state index contributed by atoms with van der Waals surface area (Å²) in [6.45, 7) is 0.264. The van der Waals surface area contributed by atoms with Crippen LogP contribution in [0.15, 0.2) is 59.1 Å². The van der Waals surface area contributed by atoms with Crippen molar-refractivity contribution in [2.45, 2.75) is 12.3 Å². The van der Waals surface area contributed by atoms with Crippen LogP contribution >= 0.6 is 11.8 Å². The number of rotatable bonds is 3. The summed E-state index contributed by atoms with van der Waals surface area (Å²) in [5.74, 6) is -0.504. The quantitative estimate of drug-likeness (QED) is 0.562. The molecule has 0 aliphatic carbocycles. The first-order valence-electron chi connectivity index (χ1n) is 8.80. The number of anilines is 1. The van der Waals surface area contributed by atoms with Crippen LogP contribution in [-0.2, 0) is 4.79 Å². The largest absolute Gasteiger partial charge is 0.344 e. The number of thioether (sulfide) groups is 1. The van der Waals surface area contributed by atoms with Crippen molar-refractivity contribution < 1.29 is 14.1 Å². The molecule has 0 aromatic heterocycles. The third-order valence-corrected chi connectivity index (χ3v) is 6.12. The van der Waals surface area contributed by atoms with E-state index in [-0.39, 0.29) is 30.5 Å². The third-order valence-electron chi connectivity index (χ3n) is 4.97. The number of nitro benzene ring substituents is 1. The molecule has 2 heterocycles. The molecule has 0 radical (unpaired) electrons. The average Bonchev–Trinajstić information content (AvgIpc) is 2.74. The Kier molecular flexibility index (Phi) is 4.94. The highest BCUT2D eigenvalue weighted by molar-refractivity contribution is 8.03. The number of nitro groups is 1. The van der Waals surface area contributed by atoms with Gasteiger partial charge in [0.2, 0.25) is 5.91 Å². The lowest BCUT2D eigenvalue weighted by Crippen LogP contribution is -2.47. The first-order chi connectivity index (χ1) is 14.0. The van der Waals surface area contributed by atoms with Crippen molar-refractivity contribution in [3.05, 3.63) is 80.6 Å². The average molecular weight is 410 g/mol. The molecule has 4 rings (SSSR count). The molecule has 0 bridgehead atoms. The van der Waals surface area contributed by atoms with Gasteiger partial charge in [-0.25, -0.2) is 4.39 Å². The van der Waals surface area contributed by atoms with Crippen molar-refractivity contribution in [3.63, 3.8) is 0 Å². The molecule has 1 fully saturated rings. The van der Waals surface area contributed by atoms with Gasteiger partial charge in [-0.15, -0.1) is 0 Å². The van der Waals surface area contributed by atoms with Gasteiger partial charge in [0.25, 0.3) is 5.69 Å². The minimum atomic E-state index is -0.511. The molecule has 2 aliphatic rings. The fraction of sp³-hybridized carbons (Fsp3) is 0.200. The number of allylic oxidation sites excluding steroid dienone is 1. The van der Waals surface area contributed by atoms with Crippen molar-refractivity contribution in [2.24, 2.45) is 0 Å². The SMILES string of the molecule is N#CC1=C2SCN(c3ccc(F)cc3)CN2C(=O)CC1c1cccc([N+](=O)[O-])c1. The Morgan fingerprint density at radius 2 is 2.00 bits per heavy atom.